The number of rotatable bonds is 5. The van der Waals surface area contributed by atoms with Crippen molar-refractivity contribution in [3.63, 3.8) is 0 Å². The van der Waals surface area contributed by atoms with E-state index in [1.165, 1.54) is 6.07 Å². The van der Waals surface area contributed by atoms with Crippen LogP contribution in [0.1, 0.15) is 29.9 Å². The molecule has 1 N–H and O–H groups in total. The Balaban J connectivity index is 2.29. The average molecular weight is 282 g/mol. The minimum absolute atomic E-state index is 0.0746. The molecule has 19 heavy (non-hydrogen) atoms. The van der Waals surface area contributed by atoms with Gasteiger partial charge in [-0.15, -0.1) is 0 Å². The molecule has 0 aliphatic carbocycles. The van der Waals surface area contributed by atoms with Crippen molar-refractivity contribution in [2.45, 2.75) is 26.3 Å². The van der Waals surface area contributed by atoms with Crippen LogP contribution < -0.4 is 5.32 Å². The van der Waals surface area contributed by atoms with Crippen molar-refractivity contribution < 1.29 is 8.81 Å². The number of nitrogens with one attached hydrogen (secondary N) is 1. The third kappa shape index (κ3) is 3.17. The average Bonchev–Trinajstić information content (AvgIpc) is 2.79. The second kappa shape index (κ2) is 6.22. The summed E-state index contributed by atoms with van der Waals surface area (Å²) in [6.07, 6.45) is 2.12. The highest BCUT2D eigenvalue weighted by Crippen LogP contribution is 2.27. The zero-order valence-corrected chi connectivity index (χ0v) is 11.8. The van der Waals surface area contributed by atoms with E-state index >= 15 is 0 Å². The number of hydrogen-bond acceptors (Lipinski definition) is 2. The van der Waals surface area contributed by atoms with Crippen LogP contribution in [0.25, 0.3) is 0 Å². The molecule has 1 heterocycles. The Morgan fingerprint density at radius 2 is 2.16 bits per heavy atom. The van der Waals surface area contributed by atoms with Crippen molar-refractivity contribution in [2.75, 3.05) is 6.54 Å². The Morgan fingerprint density at radius 1 is 1.37 bits per heavy atom. The number of hydrogen-bond donors (Lipinski definition) is 1. The van der Waals surface area contributed by atoms with Gasteiger partial charge in [0.15, 0.2) is 0 Å². The van der Waals surface area contributed by atoms with Gasteiger partial charge >= 0.3 is 0 Å². The summed E-state index contributed by atoms with van der Waals surface area (Å²) in [5, 5.41) is 3.76. The molecule has 0 fully saturated rings. The van der Waals surface area contributed by atoms with Gasteiger partial charge in [-0.1, -0.05) is 24.6 Å². The molecule has 0 saturated heterocycles. The van der Waals surface area contributed by atoms with Gasteiger partial charge in [-0.3, -0.25) is 0 Å². The van der Waals surface area contributed by atoms with Crippen LogP contribution in [0.4, 0.5) is 4.39 Å². The summed E-state index contributed by atoms with van der Waals surface area (Å²) >= 11 is 6.08. The highest BCUT2D eigenvalue weighted by molar-refractivity contribution is 6.31. The second-order valence-corrected chi connectivity index (χ2v) is 4.89. The third-order valence-corrected chi connectivity index (χ3v) is 3.49. The van der Waals surface area contributed by atoms with Gasteiger partial charge in [0.2, 0.25) is 0 Å². The number of furan rings is 1. The quantitative estimate of drug-likeness (QED) is 0.885. The van der Waals surface area contributed by atoms with Gasteiger partial charge in [0.25, 0.3) is 0 Å². The molecule has 1 aromatic heterocycles. The fourth-order valence-electron chi connectivity index (χ4n) is 2.18. The van der Waals surface area contributed by atoms with Crippen LogP contribution in [0.5, 0.6) is 0 Å². The van der Waals surface area contributed by atoms with E-state index in [9.17, 15) is 4.39 Å². The van der Waals surface area contributed by atoms with Crippen LogP contribution in [0, 0.1) is 12.7 Å². The zero-order valence-electron chi connectivity index (χ0n) is 11.0. The summed E-state index contributed by atoms with van der Waals surface area (Å²) in [6, 6.07) is 6.58. The predicted molar refractivity (Wildman–Crippen MR) is 75.0 cm³/mol. The first-order valence-corrected chi connectivity index (χ1v) is 6.71. The van der Waals surface area contributed by atoms with Crippen LogP contribution in [0.3, 0.4) is 0 Å². The molecule has 2 nitrogen and oxygen atoms in total. The van der Waals surface area contributed by atoms with Crippen LogP contribution in [-0.2, 0) is 6.42 Å². The fraction of sp³-hybridized carbons (Fsp3) is 0.333. The zero-order chi connectivity index (χ0) is 13.8. The maximum Gasteiger partial charge on any atom is 0.127 e. The van der Waals surface area contributed by atoms with E-state index in [4.69, 9.17) is 16.0 Å². The van der Waals surface area contributed by atoms with Crippen molar-refractivity contribution in [3.8, 4) is 0 Å². The topological polar surface area (TPSA) is 25.2 Å². The Bertz CT molecular complexity index is 533. The molecule has 1 aromatic carbocycles. The fourth-order valence-corrected chi connectivity index (χ4v) is 2.42. The molecule has 2 aromatic rings. The molecule has 0 aliphatic heterocycles. The highest BCUT2D eigenvalue weighted by atomic mass is 35.5. The van der Waals surface area contributed by atoms with Crippen LogP contribution in [0.2, 0.25) is 5.02 Å². The second-order valence-electron chi connectivity index (χ2n) is 4.48. The van der Waals surface area contributed by atoms with E-state index in [1.807, 2.05) is 19.9 Å². The van der Waals surface area contributed by atoms with Gasteiger partial charge in [0.05, 0.1) is 12.3 Å². The van der Waals surface area contributed by atoms with Crippen molar-refractivity contribution in [2.24, 2.45) is 0 Å². The first-order chi connectivity index (χ1) is 9.13. The van der Waals surface area contributed by atoms with Crippen molar-refractivity contribution in [1.82, 2.24) is 5.32 Å². The Kier molecular flexibility index (Phi) is 4.61. The Hall–Kier alpha value is -1.32. The molecule has 0 spiro atoms. The van der Waals surface area contributed by atoms with Gasteiger partial charge in [-0.2, -0.15) is 0 Å². The number of likely N-dealkylation sites (N-methyl/N-ethyl adjacent to an activating group) is 1. The Morgan fingerprint density at radius 3 is 2.74 bits per heavy atom. The Labute approximate surface area is 117 Å². The summed E-state index contributed by atoms with van der Waals surface area (Å²) < 4.78 is 19.4. The van der Waals surface area contributed by atoms with E-state index in [1.54, 1.807) is 18.4 Å². The lowest BCUT2D eigenvalue weighted by molar-refractivity contribution is 0.410. The molecular weight excluding hydrogens is 265 g/mol. The summed E-state index contributed by atoms with van der Waals surface area (Å²) in [6.45, 7) is 4.76. The summed E-state index contributed by atoms with van der Waals surface area (Å²) in [5.41, 5.74) is 1.57. The maximum atomic E-state index is 13.9. The first kappa shape index (κ1) is 14.1. The summed E-state index contributed by atoms with van der Waals surface area (Å²) in [7, 11) is 0. The molecule has 102 valence electrons. The van der Waals surface area contributed by atoms with E-state index < -0.39 is 0 Å². The van der Waals surface area contributed by atoms with E-state index in [-0.39, 0.29) is 11.9 Å². The summed E-state index contributed by atoms with van der Waals surface area (Å²) in [4.78, 5) is 0. The standard InChI is InChI=1S/C15H17ClFNO/c1-3-18-14(15-10(2)7-8-19-15)9-11-12(16)5-4-6-13(11)17/h4-8,14,18H,3,9H2,1-2H3. The molecule has 1 atom stereocenters. The maximum absolute atomic E-state index is 13.9. The number of benzene rings is 1. The smallest absolute Gasteiger partial charge is 0.127 e. The van der Waals surface area contributed by atoms with Crippen molar-refractivity contribution in [1.29, 1.82) is 0 Å². The lowest BCUT2D eigenvalue weighted by atomic mass is 10.0. The molecule has 1 unspecified atom stereocenters. The minimum atomic E-state index is -0.278. The molecular formula is C15H17ClFNO. The van der Waals surface area contributed by atoms with E-state index in [0.29, 0.717) is 17.0 Å². The largest absolute Gasteiger partial charge is 0.467 e. The van der Waals surface area contributed by atoms with Crippen LogP contribution in [0.15, 0.2) is 34.9 Å². The number of halogens is 2. The van der Waals surface area contributed by atoms with Gasteiger partial charge in [-0.05, 0) is 43.7 Å². The first-order valence-electron chi connectivity index (χ1n) is 6.33. The molecule has 0 bridgehead atoms. The predicted octanol–water partition coefficient (Wildman–Crippen LogP) is 4.27. The van der Waals surface area contributed by atoms with Gasteiger partial charge in [0.1, 0.15) is 11.6 Å². The van der Waals surface area contributed by atoms with Crippen molar-refractivity contribution >= 4 is 11.6 Å². The lowest BCUT2D eigenvalue weighted by Gasteiger charge is -2.18. The normalized spacial score (nSPS) is 12.6. The minimum Gasteiger partial charge on any atom is -0.467 e. The van der Waals surface area contributed by atoms with E-state index in [2.05, 4.69) is 5.32 Å². The van der Waals surface area contributed by atoms with Gasteiger partial charge in [0, 0.05) is 10.6 Å². The van der Waals surface area contributed by atoms with Gasteiger partial charge in [-0.25, -0.2) is 4.39 Å². The molecule has 0 radical (unpaired) electrons. The lowest BCUT2D eigenvalue weighted by Crippen LogP contribution is -2.23. The molecule has 0 saturated carbocycles. The van der Waals surface area contributed by atoms with Crippen LogP contribution >= 0.6 is 11.6 Å². The highest BCUT2D eigenvalue weighted by Gasteiger charge is 2.19. The van der Waals surface area contributed by atoms with Gasteiger partial charge < -0.3 is 9.73 Å². The molecule has 2 rings (SSSR count). The van der Waals surface area contributed by atoms with Crippen molar-refractivity contribution in [3.05, 3.63) is 58.3 Å². The molecule has 0 amide bonds. The third-order valence-electron chi connectivity index (χ3n) is 3.14. The SMILES string of the molecule is CCNC(Cc1c(F)cccc1Cl)c1occc1C. The molecule has 0 aliphatic rings. The van der Waals surface area contributed by atoms with Crippen LogP contribution in [-0.4, -0.2) is 6.54 Å². The molecule has 4 heteroatoms. The van der Waals surface area contributed by atoms with E-state index in [0.717, 1.165) is 17.9 Å². The monoisotopic (exact) mass is 281 g/mol. The summed E-state index contributed by atoms with van der Waals surface area (Å²) in [5.74, 6) is 0.556. The number of aryl methyl sites for hydroxylation is 1.